The molecular weight excluding hydrogens is 314 g/mol. The van der Waals surface area contributed by atoms with Gasteiger partial charge in [-0.15, -0.1) is 0 Å². The first-order valence-corrected chi connectivity index (χ1v) is 7.88. The minimum atomic E-state index is -0.348. The third-order valence-electron chi connectivity index (χ3n) is 3.87. The highest BCUT2D eigenvalue weighted by molar-refractivity contribution is 6.35. The molecule has 120 valence electrons. The van der Waals surface area contributed by atoms with Crippen molar-refractivity contribution in [2.75, 3.05) is 17.6 Å². The Hall–Kier alpha value is -2.34. The number of likely N-dealkylation sites (tertiary alicyclic amines) is 1. The number of benzene rings is 1. The number of hydrogen-bond acceptors (Lipinski definition) is 5. The van der Waals surface area contributed by atoms with Crippen molar-refractivity contribution >= 4 is 29.1 Å². The maximum absolute atomic E-state index is 12.7. The Morgan fingerprint density at radius 3 is 2.87 bits per heavy atom. The van der Waals surface area contributed by atoms with Crippen molar-refractivity contribution < 1.29 is 4.79 Å². The number of piperidine rings is 1. The molecule has 23 heavy (non-hydrogen) atoms. The summed E-state index contributed by atoms with van der Waals surface area (Å²) in [5.74, 6) is 0.654. The van der Waals surface area contributed by atoms with Gasteiger partial charge in [0.1, 0.15) is 23.2 Å². The number of nitrogens with one attached hydrogen (secondary N) is 1. The van der Waals surface area contributed by atoms with Gasteiger partial charge < -0.3 is 16.0 Å². The van der Waals surface area contributed by atoms with Crippen LogP contribution in [0.5, 0.6) is 0 Å². The molecule has 1 aromatic heterocycles. The quantitative estimate of drug-likeness (QED) is 0.898. The van der Waals surface area contributed by atoms with Gasteiger partial charge in [-0.1, -0.05) is 41.9 Å². The summed E-state index contributed by atoms with van der Waals surface area (Å²) in [4.78, 5) is 22.4. The molecule has 1 saturated heterocycles. The Morgan fingerprint density at radius 2 is 2.09 bits per heavy atom. The van der Waals surface area contributed by atoms with E-state index in [4.69, 9.17) is 17.3 Å². The number of nitrogens with zero attached hydrogens (tertiary/aromatic N) is 3. The molecule has 1 atom stereocenters. The van der Waals surface area contributed by atoms with Crippen LogP contribution in [0.25, 0.3) is 0 Å². The van der Waals surface area contributed by atoms with Crippen molar-refractivity contribution in [2.24, 2.45) is 0 Å². The SMILES string of the molecule is Nc1ncnc(NC2CCCN(Cc3ccccc3)C2=O)c1Cl. The van der Waals surface area contributed by atoms with Gasteiger partial charge in [0.25, 0.3) is 0 Å². The fourth-order valence-corrected chi connectivity index (χ4v) is 2.84. The average molecular weight is 332 g/mol. The summed E-state index contributed by atoms with van der Waals surface area (Å²) in [6.45, 7) is 1.36. The smallest absolute Gasteiger partial charge is 0.245 e. The fraction of sp³-hybridized carbons (Fsp3) is 0.312. The maximum Gasteiger partial charge on any atom is 0.245 e. The molecule has 2 aromatic rings. The molecule has 0 radical (unpaired) electrons. The van der Waals surface area contributed by atoms with Crippen LogP contribution in [-0.4, -0.2) is 33.4 Å². The molecule has 0 saturated carbocycles. The molecule has 1 amide bonds. The number of nitrogen functional groups attached to an aromatic ring is 1. The second kappa shape index (κ2) is 6.83. The lowest BCUT2D eigenvalue weighted by Crippen LogP contribution is -2.47. The third-order valence-corrected chi connectivity index (χ3v) is 4.25. The zero-order valence-electron chi connectivity index (χ0n) is 12.6. The number of rotatable bonds is 4. The minimum Gasteiger partial charge on any atom is -0.382 e. The van der Waals surface area contributed by atoms with E-state index in [1.54, 1.807) is 0 Å². The first-order chi connectivity index (χ1) is 11.1. The Labute approximate surface area is 139 Å². The van der Waals surface area contributed by atoms with Crippen molar-refractivity contribution in [1.29, 1.82) is 0 Å². The van der Waals surface area contributed by atoms with Crippen LogP contribution in [0.3, 0.4) is 0 Å². The largest absolute Gasteiger partial charge is 0.382 e. The lowest BCUT2D eigenvalue weighted by molar-refractivity contribution is -0.134. The van der Waals surface area contributed by atoms with Crippen molar-refractivity contribution in [3.05, 3.63) is 47.2 Å². The topological polar surface area (TPSA) is 84.1 Å². The minimum absolute atomic E-state index is 0.0494. The zero-order valence-corrected chi connectivity index (χ0v) is 13.3. The van der Waals surface area contributed by atoms with Crippen LogP contribution in [0.15, 0.2) is 36.7 Å². The van der Waals surface area contributed by atoms with Gasteiger partial charge in [0, 0.05) is 13.1 Å². The van der Waals surface area contributed by atoms with E-state index in [0.717, 1.165) is 24.9 Å². The predicted molar refractivity (Wildman–Crippen MR) is 90.0 cm³/mol. The summed E-state index contributed by atoms with van der Waals surface area (Å²) in [6, 6.07) is 9.61. The van der Waals surface area contributed by atoms with Gasteiger partial charge in [-0.05, 0) is 18.4 Å². The number of carbonyl (C=O) groups is 1. The fourth-order valence-electron chi connectivity index (χ4n) is 2.68. The lowest BCUT2D eigenvalue weighted by Gasteiger charge is -2.33. The molecule has 3 rings (SSSR count). The number of carbonyl (C=O) groups excluding carboxylic acids is 1. The van der Waals surface area contributed by atoms with Crippen LogP contribution in [0.2, 0.25) is 5.02 Å². The molecule has 1 aromatic carbocycles. The predicted octanol–water partition coefficient (Wildman–Crippen LogP) is 2.32. The van der Waals surface area contributed by atoms with E-state index >= 15 is 0 Å². The number of nitrogens with two attached hydrogens (primary N) is 1. The molecule has 1 unspecified atom stereocenters. The van der Waals surface area contributed by atoms with Gasteiger partial charge in [0.15, 0.2) is 5.82 Å². The standard InChI is InChI=1S/C16H18ClN5O/c17-13-14(18)19-10-20-15(13)21-12-7-4-8-22(16(12)23)9-11-5-2-1-3-6-11/h1-3,5-6,10,12H,4,7-9H2,(H3,18,19,20,21). The summed E-state index contributed by atoms with van der Waals surface area (Å²) in [7, 11) is 0. The highest BCUT2D eigenvalue weighted by atomic mass is 35.5. The zero-order chi connectivity index (χ0) is 16.2. The average Bonchev–Trinajstić information content (AvgIpc) is 2.56. The van der Waals surface area contributed by atoms with Crippen LogP contribution >= 0.6 is 11.6 Å². The van der Waals surface area contributed by atoms with E-state index in [1.807, 2.05) is 35.2 Å². The number of anilines is 2. The summed E-state index contributed by atoms with van der Waals surface area (Å²) < 4.78 is 0. The van der Waals surface area contributed by atoms with Crippen molar-refractivity contribution in [2.45, 2.75) is 25.4 Å². The molecule has 2 heterocycles. The molecule has 1 aliphatic rings. The second-order valence-corrected chi connectivity index (χ2v) is 5.88. The van der Waals surface area contributed by atoms with E-state index in [0.29, 0.717) is 12.4 Å². The summed E-state index contributed by atoms with van der Waals surface area (Å²) >= 11 is 6.09. The molecular formula is C16H18ClN5O. The Bertz CT molecular complexity index is 694. The van der Waals surface area contributed by atoms with Crippen molar-refractivity contribution in [3.63, 3.8) is 0 Å². The van der Waals surface area contributed by atoms with Gasteiger partial charge in [-0.25, -0.2) is 9.97 Å². The van der Waals surface area contributed by atoms with Crippen molar-refractivity contribution in [1.82, 2.24) is 14.9 Å². The molecule has 7 heteroatoms. The molecule has 6 nitrogen and oxygen atoms in total. The highest BCUT2D eigenvalue weighted by Crippen LogP contribution is 2.26. The summed E-state index contributed by atoms with van der Waals surface area (Å²) in [6.07, 6.45) is 3.00. The van der Waals surface area contributed by atoms with E-state index in [1.165, 1.54) is 6.33 Å². The monoisotopic (exact) mass is 331 g/mol. The normalized spacial score (nSPS) is 18.0. The highest BCUT2D eigenvalue weighted by Gasteiger charge is 2.29. The molecule has 3 N–H and O–H groups in total. The Morgan fingerprint density at radius 1 is 1.30 bits per heavy atom. The molecule has 1 fully saturated rings. The molecule has 0 aliphatic carbocycles. The van der Waals surface area contributed by atoms with Gasteiger partial charge in [-0.2, -0.15) is 0 Å². The number of hydrogen-bond donors (Lipinski definition) is 2. The first kappa shape index (κ1) is 15.6. The number of amides is 1. The van der Waals surface area contributed by atoms with Crippen molar-refractivity contribution in [3.8, 4) is 0 Å². The van der Waals surface area contributed by atoms with Crippen LogP contribution < -0.4 is 11.1 Å². The van der Waals surface area contributed by atoms with Crippen LogP contribution in [0, 0.1) is 0 Å². The molecule has 1 aliphatic heterocycles. The second-order valence-electron chi connectivity index (χ2n) is 5.51. The number of aromatic nitrogens is 2. The molecule has 0 bridgehead atoms. The van der Waals surface area contributed by atoms with Gasteiger partial charge in [-0.3, -0.25) is 4.79 Å². The van der Waals surface area contributed by atoms with Crippen LogP contribution in [-0.2, 0) is 11.3 Å². The van der Waals surface area contributed by atoms with Gasteiger partial charge in [0.2, 0.25) is 5.91 Å². The Balaban J connectivity index is 1.71. The van der Waals surface area contributed by atoms with E-state index in [2.05, 4.69) is 15.3 Å². The van der Waals surface area contributed by atoms with E-state index in [-0.39, 0.29) is 22.8 Å². The first-order valence-electron chi connectivity index (χ1n) is 7.50. The summed E-state index contributed by atoms with van der Waals surface area (Å²) in [5.41, 5.74) is 6.79. The summed E-state index contributed by atoms with van der Waals surface area (Å²) in [5, 5.41) is 3.35. The lowest BCUT2D eigenvalue weighted by atomic mass is 10.0. The van der Waals surface area contributed by atoms with Gasteiger partial charge in [0.05, 0.1) is 0 Å². The maximum atomic E-state index is 12.7. The van der Waals surface area contributed by atoms with Gasteiger partial charge >= 0.3 is 0 Å². The molecule has 0 spiro atoms. The van der Waals surface area contributed by atoms with Crippen LogP contribution in [0.4, 0.5) is 11.6 Å². The van der Waals surface area contributed by atoms with E-state index in [9.17, 15) is 4.79 Å². The van der Waals surface area contributed by atoms with E-state index < -0.39 is 0 Å². The Kier molecular flexibility index (Phi) is 4.62. The number of halogens is 1. The third kappa shape index (κ3) is 3.53. The van der Waals surface area contributed by atoms with Crippen LogP contribution in [0.1, 0.15) is 18.4 Å².